The van der Waals surface area contributed by atoms with Gasteiger partial charge in [-0.15, -0.1) is 0 Å². The van der Waals surface area contributed by atoms with Crippen LogP contribution in [0.1, 0.15) is 19.8 Å². The molecule has 2 nitrogen and oxygen atoms in total. The van der Waals surface area contributed by atoms with Crippen LogP contribution in [0.4, 0.5) is 0 Å². The molecule has 0 aromatic carbocycles. The van der Waals surface area contributed by atoms with Gasteiger partial charge in [-0.1, -0.05) is 6.92 Å². The van der Waals surface area contributed by atoms with Crippen LogP contribution in [0.15, 0.2) is 0 Å². The van der Waals surface area contributed by atoms with E-state index in [0.717, 1.165) is 5.92 Å². The van der Waals surface area contributed by atoms with Crippen molar-refractivity contribution in [3.8, 4) is 0 Å². The SMILES string of the molecule is C[C@H](CO)C1CCN(C)CC1. The molecule has 0 amide bonds. The maximum Gasteiger partial charge on any atom is 0.0459 e. The molecule has 0 spiro atoms. The van der Waals surface area contributed by atoms with Gasteiger partial charge in [0.05, 0.1) is 0 Å². The Hall–Kier alpha value is -0.0800. The van der Waals surface area contributed by atoms with E-state index in [1.807, 2.05) is 0 Å². The number of hydrogen-bond acceptors (Lipinski definition) is 2. The number of likely N-dealkylation sites (tertiary alicyclic amines) is 1. The molecule has 0 aromatic rings. The third-order valence-corrected chi connectivity index (χ3v) is 2.86. The van der Waals surface area contributed by atoms with Gasteiger partial charge in [0.2, 0.25) is 0 Å². The average molecular weight is 157 g/mol. The molecule has 1 saturated heterocycles. The molecule has 1 heterocycles. The molecule has 0 unspecified atom stereocenters. The number of aliphatic hydroxyl groups excluding tert-OH is 1. The molecule has 0 bridgehead atoms. The van der Waals surface area contributed by atoms with Crippen LogP contribution in [-0.4, -0.2) is 36.8 Å². The van der Waals surface area contributed by atoms with Crippen LogP contribution < -0.4 is 0 Å². The molecule has 1 atom stereocenters. The zero-order valence-corrected chi connectivity index (χ0v) is 7.58. The summed E-state index contributed by atoms with van der Waals surface area (Å²) in [6, 6.07) is 0. The lowest BCUT2D eigenvalue weighted by Crippen LogP contribution is -2.33. The van der Waals surface area contributed by atoms with Crippen LogP contribution in [0.5, 0.6) is 0 Å². The topological polar surface area (TPSA) is 23.5 Å². The van der Waals surface area contributed by atoms with Gasteiger partial charge in [0, 0.05) is 6.61 Å². The molecule has 2 heteroatoms. The molecule has 1 rings (SSSR count). The first-order valence-electron chi connectivity index (χ1n) is 4.53. The minimum absolute atomic E-state index is 0.356. The molecule has 0 radical (unpaired) electrons. The molecule has 0 aliphatic carbocycles. The van der Waals surface area contributed by atoms with E-state index in [-0.39, 0.29) is 0 Å². The second kappa shape index (κ2) is 4.07. The predicted octanol–water partition coefficient (Wildman–Crippen LogP) is 0.957. The number of aliphatic hydroxyl groups is 1. The van der Waals surface area contributed by atoms with E-state index >= 15 is 0 Å². The summed E-state index contributed by atoms with van der Waals surface area (Å²) >= 11 is 0. The third kappa shape index (κ3) is 2.46. The lowest BCUT2D eigenvalue weighted by Gasteiger charge is -2.31. The van der Waals surface area contributed by atoms with Crippen molar-refractivity contribution < 1.29 is 5.11 Å². The molecular formula is C9H19NO. The van der Waals surface area contributed by atoms with Crippen LogP contribution in [0, 0.1) is 11.8 Å². The second-order valence-corrected chi connectivity index (χ2v) is 3.80. The monoisotopic (exact) mass is 157 g/mol. The summed E-state index contributed by atoms with van der Waals surface area (Å²) in [6.07, 6.45) is 2.52. The van der Waals surface area contributed by atoms with Gasteiger partial charge in [0.15, 0.2) is 0 Å². The maximum absolute atomic E-state index is 8.94. The standard InChI is InChI=1S/C9H19NO/c1-8(7-11)9-3-5-10(2)6-4-9/h8-9,11H,3-7H2,1-2H3/t8-/m1/s1. The van der Waals surface area contributed by atoms with Gasteiger partial charge in [-0.2, -0.15) is 0 Å². The van der Waals surface area contributed by atoms with E-state index in [4.69, 9.17) is 5.11 Å². The number of hydrogen-bond donors (Lipinski definition) is 1. The Morgan fingerprint density at radius 2 is 2.00 bits per heavy atom. The normalized spacial score (nSPS) is 25.4. The average Bonchev–Trinajstić information content (AvgIpc) is 2.05. The lowest BCUT2D eigenvalue weighted by atomic mass is 9.86. The summed E-state index contributed by atoms with van der Waals surface area (Å²) in [5.74, 6) is 1.26. The Kier molecular flexibility index (Phi) is 3.34. The van der Waals surface area contributed by atoms with Crippen molar-refractivity contribution in [2.45, 2.75) is 19.8 Å². The zero-order valence-electron chi connectivity index (χ0n) is 7.58. The first-order chi connectivity index (χ1) is 5.24. The van der Waals surface area contributed by atoms with Crippen LogP contribution in [-0.2, 0) is 0 Å². The molecule has 1 fully saturated rings. The summed E-state index contributed by atoms with van der Waals surface area (Å²) in [5.41, 5.74) is 0. The van der Waals surface area contributed by atoms with Gasteiger partial charge in [0.1, 0.15) is 0 Å². The van der Waals surface area contributed by atoms with Crippen molar-refractivity contribution in [1.29, 1.82) is 0 Å². The van der Waals surface area contributed by atoms with Crippen molar-refractivity contribution in [2.24, 2.45) is 11.8 Å². The van der Waals surface area contributed by atoms with Gasteiger partial charge < -0.3 is 10.0 Å². The quantitative estimate of drug-likeness (QED) is 0.645. The molecule has 11 heavy (non-hydrogen) atoms. The highest BCUT2D eigenvalue weighted by atomic mass is 16.3. The highest BCUT2D eigenvalue weighted by molar-refractivity contribution is 4.73. The van der Waals surface area contributed by atoms with E-state index < -0.39 is 0 Å². The van der Waals surface area contributed by atoms with Crippen LogP contribution >= 0.6 is 0 Å². The fourth-order valence-corrected chi connectivity index (χ4v) is 1.75. The highest BCUT2D eigenvalue weighted by Gasteiger charge is 2.21. The van der Waals surface area contributed by atoms with E-state index in [1.54, 1.807) is 0 Å². The minimum Gasteiger partial charge on any atom is -0.396 e. The summed E-state index contributed by atoms with van der Waals surface area (Å²) < 4.78 is 0. The highest BCUT2D eigenvalue weighted by Crippen LogP contribution is 2.23. The number of nitrogens with zero attached hydrogens (tertiary/aromatic N) is 1. The Bertz CT molecular complexity index is 108. The van der Waals surface area contributed by atoms with Crippen molar-refractivity contribution >= 4 is 0 Å². The number of rotatable bonds is 2. The molecule has 66 valence electrons. The van der Waals surface area contributed by atoms with Gasteiger partial charge in [-0.25, -0.2) is 0 Å². The minimum atomic E-state index is 0.356. The van der Waals surface area contributed by atoms with Crippen LogP contribution in [0.2, 0.25) is 0 Å². The fraction of sp³-hybridized carbons (Fsp3) is 1.00. The first kappa shape index (κ1) is 9.01. The van der Waals surface area contributed by atoms with Crippen molar-refractivity contribution in [3.05, 3.63) is 0 Å². The third-order valence-electron chi connectivity index (χ3n) is 2.86. The lowest BCUT2D eigenvalue weighted by molar-refractivity contribution is 0.129. The summed E-state index contributed by atoms with van der Waals surface area (Å²) in [5, 5.41) is 8.94. The maximum atomic E-state index is 8.94. The van der Waals surface area contributed by atoms with E-state index in [2.05, 4.69) is 18.9 Å². The molecular weight excluding hydrogens is 138 g/mol. The van der Waals surface area contributed by atoms with Crippen molar-refractivity contribution in [3.63, 3.8) is 0 Å². The van der Waals surface area contributed by atoms with Crippen molar-refractivity contribution in [1.82, 2.24) is 4.90 Å². The van der Waals surface area contributed by atoms with Gasteiger partial charge in [-0.3, -0.25) is 0 Å². The zero-order chi connectivity index (χ0) is 8.27. The summed E-state index contributed by atoms with van der Waals surface area (Å²) in [7, 11) is 2.17. The van der Waals surface area contributed by atoms with E-state index in [9.17, 15) is 0 Å². The smallest absolute Gasteiger partial charge is 0.0459 e. The van der Waals surface area contributed by atoms with Crippen LogP contribution in [0.25, 0.3) is 0 Å². The van der Waals surface area contributed by atoms with Crippen molar-refractivity contribution in [2.75, 3.05) is 26.7 Å². The number of piperidine rings is 1. The molecule has 0 aromatic heterocycles. The van der Waals surface area contributed by atoms with Crippen LogP contribution in [0.3, 0.4) is 0 Å². The van der Waals surface area contributed by atoms with Gasteiger partial charge in [0.25, 0.3) is 0 Å². The Morgan fingerprint density at radius 1 is 1.45 bits per heavy atom. The van der Waals surface area contributed by atoms with E-state index in [0.29, 0.717) is 12.5 Å². The summed E-state index contributed by atoms with van der Waals surface area (Å²) in [6.45, 7) is 4.91. The molecule has 1 aliphatic rings. The Balaban J connectivity index is 2.27. The fourth-order valence-electron chi connectivity index (χ4n) is 1.75. The van der Waals surface area contributed by atoms with Gasteiger partial charge >= 0.3 is 0 Å². The molecule has 1 aliphatic heterocycles. The largest absolute Gasteiger partial charge is 0.396 e. The van der Waals surface area contributed by atoms with E-state index in [1.165, 1.54) is 25.9 Å². The predicted molar refractivity (Wildman–Crippen MR) is 46.5 cm³/mol. The molecule has 0 saturated carbocycles. The Labute approximate surface area is 69.2 Å². The first-order valence-corrected chi connectivity index (χ1v) is 4.53. The second-order valence-electron chi connectivity index (χ2n) is 3.80. The summed E-state index contributed by atoms with van der Waals surface area (Å²) in [4.78, 5) is 2.36. The Morgan fingerprint density at radius 3 is 2.45 bits per heavy atom. The molecule has 1 N–H and O–H groups in total. The van der Waals surface area contributed by atoms with Gasteiger partial charge in [-0.05, 0) is 44.8 Å².